The van der Waals surface area contributed by atoms with Crippen LogP contribution in [-0.4, -0.2) is 48.2 Å². The minimum Gasteiger partial charge on any atom is -0.395 e. The maximum Gasteiger partial charge on any atom is 0.251 e. The maximum absolute atomic E-state index is 12.5. The van der Waals surface area contributed by atoms with E-state index in [0.717, 1.165) is 24.6 Å². The standard InChI is InChI=1S/C17H23ClN2O2.ClH/c1-11-2-3-13(8-15(11)18)17(22)19-16-10-20(6-7-21)9-14(16)12-4-5-12;/h2-3,8,12,14,16,21H,4-7,9-10H2,1H3,(H,19,22);1H/t14-,16+;/m1./s1. The van der Waals surface area contributed by atoms with Crippen LogP contribution in [0.4, 0.5) is 0 Å². The van der Waals surface area contributed by atoms with E-state index < -0.39 is 0 Å². The predicted octanol–water partition coefficient (Wildman–Crippen LogP) is 2.50. The fourth-order valence-corrected chi connectivity index (χ4v) is 3.56. The topological polar surface area (TPSA) is 52.6 Å². The highest BCUT2D eigenvalue weighted by atomic mass is 35.5. The number of hydrogen-bond acceptors (Lipinski definition) is 3. The van der Waals surface area contributed by atoms with Gasteiger partial charge in [-0.1, -0.05) is 17.7 Å². The van der Waals surface area contributed by atoms with Crippen LogP contribution in [0.25, 0.3) is 0 Å². The van der Waals surface area contributed by atoms with Crippen LogP contribution in [0, 0.1) is 18.8 Å². The fraction of sp³-hybridized carbons (Fsp3) is 0.588. The molecule has 1 aromatic rings. The molecule has 1 saturated heterocycles. The highest BCUT2D eigenvalue weighted by Gasteiger charge is 2.42. The van der Waals surface area contributed by atoms with Crippen molar-refractivity contribution in [2.24, 2.45) is 11.8 Å². The van der Waals surface area contributed by atoms with E-state index in [9.17, 15) is 4.79 Å². The van der Waals surface area contributed by atoms with Crippen LogP contribution in [0.15, 0.2) is 18.2 Å². The Labute approximate surface area is 148 Å². The third-order valence-electron chi connectivity index (χ3n) is 4.83. The third-order valence-corrected chi connectivity index (χ3v) is 5.24. The second-order valence-corrected chi connectivity index (χ2v) is 6.94. The van der Waals surface area contributed by atoms with E-state index in [1.165, 1.54) is 12.8 Å². The summed E-state index contributed by atoms with van der Waals surface area (Å²) in [5, 5.41) is 12.9. The van der Waals surface area contributed by atoms with E-state index in [1.807, 2.05) is 19.1 Å². The summed E-state index contributed by atoms with van der Waals surface area (Å²) in [5.41, 5.74) is 1.59. The Balaban J connectivity index is 0.00000192. The number of benzene rings is 1. The van der Waals surface area contributed by atoms with E-state index in [4.69, 9.17) is 16.7 Å². The molecule has 6 heteroatoms. The lowest BCUT2D eigenvalue weighted by Crippen LogP contribution is -2.41. The number of aliphatic hydroxyl groups excluding tert-OH is 1. The van der Waals surface area contributed by atoms with Crippen LogP contribution >= 0.6 is 24.0 Å². The number of rotatable bonds is 5. The second-order valence-electron chi connectivity index (χ2n) is 6.53. The maximum atomic E-state index is 12.5. The molecule has 2 fully saturated rings. The lowest BCUT2D eigenvalue weighted by molar-refractivity contribution is 0.0928. The lowest BCUT2D eigenvalue weighted by Gasteiger charge is -2.19. The van der Waals surface area contributed by atoms with Gasteiger partial charge >= 0.3 is 0 Å². The number of likely N-dealkylation sites (tertiary alicyclic amines) is 1. The van der Waals surface area contributed by atoms with Crippen molar-refractivity contribution in [1.29, 1.82) is 0 Å². The van der Waals surface area contributed by atoms with Crippen molar-refractivity contribution in [3.63, 3.8) is 0 Å². The zero-order chi connectivity index (χ0) is 15.7. The monoisotopic (exact) mass is 358 g/mol. The third kappa shape index (κ3) is 4.38. The number of β-amino-alcohol motifs (C(OH)–C–C–N with tert-alkyl or cyclic N) is 1. The minimum absolute atomic E-state index is 0. The number of nitrogens with one attached hydrogen (secondary N) is 1. The van der Waals surface area contributed by atoms with Crippen LogP contribution in [0.2, 0.25) is 5.02 Å². The SMILES string of the molecule is Cc1ccc(C(=O)N[C@H]2CN(CCO)C[C@@H]2C2CC2)cc1Cl.Cl. The number of hydrogen-bond donors (Lipinski definition) is 2. The van der Waals surface area contributed by atoms with Crippen LogP contribution in [0.5, 0.6) is 0 Å². The lowest BCUT2D eigenvalue weighted by atomic mass is 9.97. The van der Waals surface area contributed by atoms with E-state index in [-0.39, 0.29) is 31.0 Å². The summed E-state index contributed by atoms with van der Waals surface area (Å²) >= 11 is 6.11. The molecule has 1 heterocycles. The molecule has 128 valence electrons. The van der Waals surface area contributed by atoms with Crippen molar-refractivity contribution in [2.45, 2.75) is 25.8 Å². The summed E-state index contributed by atoms with van der Waals surface area (Å²) in [6.07, 6.45) is 2.53. The molecule has 4 nitrogen and oxygen atoms in total. The second kappa shape index (κ2) is 7.84. The number of aryl methyl sites for hydroxylation is 1. The first-order valence-corrected chi connectivity index (χ1v) is 8.36. The first kappa shape index (κ1) is 18.5. The van der Waals surface area contributed by atoms with E-state index in [2.05, 4.69) is 10.2 Å². The first-order chi connectivity index (χ1) is 10.6. The van der Waals surface area contributed by atoms with Gasteiger partial charge < -0.3 is 10.4 Å². The van der Waals surface area contributed by atoms with Crippen LogP contribution in [0.3, 0.4) is 0 Å². The molecule has 0 aromatic heterocycles. The van der Waals surface area contributed by atoms with Gasteiger partial charge in [-0.2, -0.15) is 0 Å². The summed E-state index contributed by atoms with van der Waals surface area (Å²) < 4.78 is 0. The van der Waals surface area contributed by atoms with E-state index in [0.29, 0.717) is 23.0 Å². The van der Waals surface area contributed by atoms with Crippen molar-refractivity contribution in [3.05, 3.63) is 34.3 Å². The molecular weight excluding hydrogens is 335 g/mol. The molecule has 2 N–H and O–H groups in total. The predicted molar refractivity (Wildman–Crippen MR) is 94.4 cm³/mol. The molecule has 3 rings (SSSR count). The Hall–Kier alpha value is -0.810. The van der Waals surface area contributed by atoms with Crippen molar-refractivity contribution in [1.82, 2.24) is 10.2 Å². The molecule has 0 unspecified atom stereocenters. The van der Waals surface area contributed by atoms with E-state index in [1.54, 1.807) is 6.07 Å². The summed E-state index contributed by atoms with van der Waals surface area (Å²) in [6, 6.07) is 5.61. The molecule has 1 aliphatic carbocycles. The molecule has 1 amide bonds. The number of carbonyl (C=O) groups is 1. The molecule has 2 aliphatic rings. The Bertz CT molecular complexity index is 564. The molecule has 2 atom stereocenters. The number of halogens is 2. The number of nitrogens with zero attached hydrogens (tertiary/aromatic N) is 1. The van der Waals surface area contributed by atoms with Gasteiger partial charge in [0.2, 0.25) is 0 Å². The van der Waals surface area contributed by atoms with Crippen molar-refractivity contribution < 1.29 is 9.90 Å². The van der Waals surface area contributed by atoms with Gasteiger partial charge in [-0.05, 0) is 49.3 Å². The van der Waals surface area contributed by atoms with Gasteiger partial charge in [-0.15, -0.1) is 12.4 Å². The summed E-state index contributed by atoms with van der Waals surface area (Å²) in [5.74, 6) is 1.19. The summed E-state index contributed by atoms with van der Waals surface area (Å²) in [4.78, 5) is 14.7. The molecule has 1 aliphatic heterocycles. The largest absolute Gasteiger partial charge is 0.395 e. The molecule has 0 bridgehead atoms. The molecular formula is C17H24Cl2N2O2. The van der Waals surface area contributed by atoms with Crippen LogP contribution in [-0.2, 0) is 0 Å². The zero-order valence-electron chi connectivity index (χ0n) is 13.3. The molecule has 1 aromatic carbocycles. The Morgan fingerprint density at radius 2 is 2.13 bits per heavy atom. The average molecular weight is 359 g/mol. The van der Waals surface area contributed by atoms with Crippen molar-refractivity contribution >= 4 is 29.9 Å². The highest BCUT2D eigenvalue weighted by molar-refractivity contribution is 6.31. The normalized spacial score (nSPS) is 24.3. The summed E-state index contributed by atoms with van der Waals surface area (Å²) in [6.45, 7) is 4.59. The average Bonchev–Trinajstić information content (AvgIpc) is 3.25. The first-order valence-electron chi connectivity index (χ1n) is 7.98. The minimum atomic E-state index is -0.0524. The fourth-order valence-electron chi connectivity index (χ4n) is 3.38. The molecule has 23 heavy (non-hydrogen) atoms. The van der Waals surface area contributed by atoms with Gasteiger partial charge in [-0.3, -0.25) is 9.69 Å². The van der Waals surface area contributed by atoms with Crippen LogP contribution in [0.1, 0.15) is 28.8 Å². The van der Waals surface area contributed by atoms with Gasteiger partial charge in [0, 0.05) is 36.3 Å². The van der Waals surface area contributed by atoms with Crippen molar-refractivity contribution in [3.8, 4) is 0 Å². The van der Waals surface area contributed by atoms with Crippen LogP contribution < -0.4 is 5.32 Å². The quantitative estimate of drug-likeness (QED) is 0.850. The van der Waals surface area contributed by atoms with Gasteiger partial charge in [0.05, 0.1) is 6.61 Å². The van der Waals surface area contributed by atoms with E-state index >= 15 is 0 Å². The van der Waals surface area contributed by atoms with Crippen molar-refractivity contribution in [2.75, 3.05) is 26.2 Å². The Kier molecular flexibility index (Phi) is 6.32. The van der Waals surface area contributed by atoms with Gasteiger partial charge in [0.15, 0.2) is 0 Å². The highest BCUT2D eigenvalue weighted by Crippen LogP contribution is 2.41. The Morgan fingerprint density at radius 3 is 2.74 bits per heavy atom. The smallest absolute Gasteiger partial charge is 0.251 e. The number of aliphatic hydroxyl groups is 1. The number of carbonyl (C=O) groups excluding carboxylic acids is 1. The molecule has 1 saturated carbocycles. The van der Waals surface area contributed by atoms with Gasteiger partial charge in [-0.25, -0.2) is 0 Å². The molecule has 0 radical (unpaired) electrons. The molecule has 0 spiro atoms. The summed E-state index contributed by atoms with van der Waals surface area (Å²) in [7, 11) is 0. The zero-order valence-corrected chi connectivity index (χ0v) is 14.9. The Morgan fingerprint density at radius 1 is 1.39 bits per heavy atom. The van der Waals surface area contributed by atoms with Gasteiger partial charge in [0.25, 0.3) is 5.91 Å². The number of amides is 1. The van der Waals surface area contributed by atoms with Gasteiger partial charge in [0.1, 0.15) is 0 Å².